The highest BCUT2D eigenvalue weighted by molar-refractivity contribution is 8.18. The van der Waals surface area contributed by atoms with E-state index in [0.717, 1.165) is 22.7 Å². The SMILES string of the molecule is CCOc1cc(/C=C2\SC(=O)N(Cc3ccc(F)cc3Cl)C2=O)ccc1OC. The van der Waals surface area contributed by atoms with Crippen LogP contribution in [0.2, 0.25) is 5.02 Å². The number of thioether (sulfide) groups is 1. The molecule has 8 heteroatoms. The molecular weight excluding hydrogens is 405 g/mol. The van der Waals surface area contributed by atoms with Gasteiger partial charge in [0.1, 0.15) is 5.82 Å². The van der Waals surface area contributed by atoms with Crippen molar-refractivity contribution < 1.29 is 23.5 Å². The fourth-order valence-electron chi connectivity index (χ4n) is 2.66. The molecule has 1 fully saturated rings. The summed E-state index contributed by atoms with van der Waals surface area (Å²) in [4.78, 5) is 26.4. The third-order valence-corrected chi connectivity index (χ3v) is 5.26. The molecule has 0 atom stereocenters. The van der Waals surface area contributed by atoms with Gasteiger partial charge >= 0.3 is 0 Å². The number of rotatable bonds is 6. The van der Waals surface area contributed by atoms with E-state index in [1.165, 1.54) is 12.1 Å². The predicted octanol–water partition coefficient (Wildman–Crippen LogP) is 5.12. The number of halogens is 2. The summed E-state index contributed by atoms with van der Waals surface area (Å²) in [7, 11) is 1.55. The number of benzene rings is 2. The molecule has 0 radical (unpaired) electrons. The van der Waals surface area contributed by atoms with Crippen LogP contribution in [0.4, 0.5) is 9.18 Å². The summed E-state index contributed by atoms with van der Waals surface area (Å²) < 4.78 is 24.0. The molecule has 0 unspecified atom stereocenters. The monoisotopic (exact) mass is 421 g/mol. The molecule has 0 N–H and O–H groups in total. The normalized spacial score (nSPS) is 15.4. The number of methoxy groups -OCH3 is 1. The number of nitrogens with zero attached hydrogens (tertiary/aromatic N) is 1. The summed E-state index contributed by atoms with van der Waals surface area (Å²) in [6.07, 6.45) is 1.62. The Morgan fingerprint density at radius 3 is 2.64 bits per heavy atom. The molecule has 1 heterocycles. The first kappa shape index (κ1) is 20.2. The van der Waals surface area contributed by atoms with Crippen LogP contribution in [-0.4, -0.2) is 29.8 Å². The molecule has 2 aromatic carbocycles. The minimum atomic E-state index is -0.479. The molecule has 146 valence electrons. The first-order chi connectivity index (χ1) is 13.4. The Bertz CT molecular complexity index is 963. The largest absolute Gasteiger partial charge is 0.493 e. The number of carbonyl (C=O) groups is 2. The van der Waals surface area contributed by atoms with Gasteiger partial charge in [-0.15, -0.1) is 0 Å². The molecule has 0 saturated carbocycles. The molecule has 1 saturated heterocycles. The minimum Gasteiger partial charge on any atom is -0.493 e. The van der Waals surface area contributed by atoms with Crippen molar-refractivity contribution in [3.63, 3.8) is 0 Å². The molecule has 28 heavy (non-hydrogen) atoms. The Hall–Kier alpha value is -2.51. The quantitative estimate of drug-likeness (QED) is 0.606. The van der Waals surface area contributed by atoms with Crippen molar-refractivity contribution in [3.8, 4) is 11.5 Å². The maximum absolute atomic E-state index is 13.2. The van der Waals surface area contributed by atoms with Crippen LogP contribution in [0.3, 0.4) is 0 Å². The molecule has 5 nitrogen and oxygen atoms in total. The molecule has 0 spiro atoms. The van der Waals surface area contributed by atoms with Gasteiger partial charge < -0.3 is 9.47 Å². The molecular formula is C20H17ClFNO4S. The number of imide groups is 1. The topological polar surface area (TPSA) is 55.8 Å². The van der Waals surface area contributed by atoms with Crippen LogP contribution in [0.5, 0.6) is 11.5 Å². The van der Waals surface area contributed by atoms with Crippen molar-refractivity contribution in [2.75, 3.05) is 13.7 Å². The Labute approximate surface area is 171 Å². The summed E-state index contributed by atoms with van der Waals surface area (Å²) >= 11 is 6.85. The second-order valence-corrected chi connectivity index (χ2v) is 7.25. The predicted molar refractivity (Wildman–Crippen MR) is 107 cm³/mol. The van der Waals surface area contributed by atoms with Gasteiger partial charge in [0.05, 0.1) is 25.2 Å². The summed E-state index contributed by atoms with van der Waals surface area (Å²) in [6, 6.07) is 9.10. The van der Waals surface area contributed by atoms with Crippen LogP contribution >= 0.6 is 23.4 Å². The maximum Gasteiger partial charge on any atom is 0.293 e. The standard InChI is InChI=1S/C20H17ClFNO4S/c1-3-27-17-8-12(4-7-16(17)26-2)9-18-19(24)23(20(25)28-18)11-13-5-6-14(22)10-15(13)21/h4-10H,3,11H2,1-2H3/b18-9-. The zero-order valence-electron chi connectivity index (χ0n) is 15.2. The molecule has 0 aliphatic carbocycles. The zero-order valence-corrected chi connectivity index (χ0v) is 16.8. The van der Waals surface area contributed by atoms with E-state index >= 15 is 0 Å². The van der Waals surface area contributed by atoms with E-state index in [-0.39, 0.29) is 16.5 Å². The summed E-state index contributed by atoms with van der Waals surface area (Å²) in [6.45, 7) is 2.31. The highest BCUT2D eigenvalue weighted by Gasteiger charge is 2.35. The zero-order chi connectivity index (χ0) is 20.3. The van der Waals surface area contributed by atoms with Crippen LogP contribution in [0.1, 0.15) is 18.1 Å². The Kier molecular flexibility index (Phi) is 6.26. The van der Waals surface area contributed by atoms with E-state index in [2.05, 4.69) is 0 Å². The third-order valence-electron chi connectivity index (χ3n) is 4.00. The van der Waals surface area contributed by atoms with Crippen molar-refractivity contribution in [1.29, 1.82) is 0 Å². The maximum atomic E-state index is 13.2. The van der Waals surface area contributed by atoms with Crippen molar-refractivity contribution in [2.45, 2.75) is 13.5 Å². The average Bonchev–Trinajstić information content (AvgIpc) is 2.91. The lowest BCUT2D eigenvalue weighted by Gasteiger charge is -2.13. The first-order valence-electron chi connectivity index (χ1n) is 8.43. The number of carbonyl (C=O) groups excluding carboxylic acids is 2. The lowest BCUT2D eigenvalue weighted by atomic mass is 10.1. The lowest BCUT2D eigenvalue weighted by Crippen LogP contribution is -2.27. The smallest absolute Gasteiger partial charge is 0.293 e. The number of ether oxygens (including phenoxy) is 2. The van der Waals surface area contributed by atoms with Crippen LogP contribution in [0.15, 0.2) is 41.3 Å². The van der Waals surface area contributed by atoms with Gasteiger partial charge in [-0.3, -0.25) is 14.5 Å². The van der Waals surface area contributed by atoms with E-state index in [0.29, 0.717) is 29.2 Å². The highest BCUT2D eigenvalue weighted by Crippen LogP contribution is 2.36. The Morgan fingerprint density at radius 1 is 1.18 bits per heavy atom. The molecule has 0 bridgehead atoms. The van der Waals surface area contributed by atoms with Crippen LogP contribution in [0.25, 0.3) is 6.08 Å². The summed E-state index contributed by atoms with van der Waals surface area (Å²) in [5.41, 5.74) is 1.20. The van der Waals surface area contributed by atoms with Gasteiger partial charge in [-0.1, -0.05) is 23.7 Å². The lowest BCUT2D eigenvalue weighted by molar-refractivity contribution is -0.123. The molecule has 2 amide bonds. The molecule has 1 aliphatic heterocycles. The van der Waals surface area contributed by atoms with Gasteiger partial charge in [0, 0.05) is 5.02 Å². The summed E-state index contributed by atoms with van der Waals surface area (Å²) in [5, 5.41) is -0.241. The van der Waals surface area contributed by atoms with Gasteiger partial charge in [-0.05, 0) is 60.2 Å². The summed E-state index contributed by atoms with van der Waals surface area (Å²) in [5.74, 6) is 0.227. The second-order valence-electron chi connectivity index (χ2n) is 5.85. The molecule has 2 aromatic rings. The molecule has 0 aromatic heterocycles. The van der Waals surface area contributed by atoms with Gasteiger partial charge in [-0.25, -0.2) is 4.39 Å². The van der Waals surface area contributed by atoms with Crippen molar-refractivity contribution >= 4 is 40.6 Å². The van der Waals surface area contributed by atoms with Crippen molar-refractivity contribution in [1.82, 2.24) is 4.90 Å². The van der Waals surface area contributed by atoms with E-state index in [9.17, 15) is 14.0 Å². The van der Waals surface area contributed by atoms with Crippen molar-refractivity contribution in [2.24, 2.45) is 0 Å². The molecule has 1 aliphatic rings. The average molecular weight is 422 g/mol. The van der Waals surface area contributed by atoms with Gasteiger partial charge in [0.2, 0.25) is 0 Å². The molecule has 3 rings (SSSR count). The number of amides is 2. The minimum absolute atomic E-state index is 0.0199. The Balaban J connectivity index is 1.83. The van der Waals surface area contributed by atoms with Gasteiger partial charge in [-0.2, -0.15) is 0 Å². The van der Waals surface area contributed by atoms with E-state index < -0.39 is 17.0 Å². The first-order valence-corrected chi connectivity index (χ1v) is 9.62. The van der Waals surface area contributed by atoms with E-state index in [1.807, 2.05) is 6.92 Å². The van der Waals surface area contributed by atoms with Crippen LogP contribution in [0, 0.1) is 5.82 Å². The third kappa shape index (κ3) is 4.31. The van der Waals surface area contributed by atoms with Gasteiger partial charge in [0.25, 0.3) is 11.1 Å². The number of hydrogen-bond acceptors (Lipinski definition) is 5. The second kappa shape index (κ2) is 8.67. The fraction of sp³-hybridized carbons (Fsp3) is 0.200. The van der Waals surface area contributed by atoms with Crippen molar-refractivity contribution in [3.05, 3.63) is 63.3 Å². The van der Waals surface area contributed by atoms with Crippen LogP contribution in [-0.2, 0) is 11.3 Å². The van der Waals surface area contributed by atoms with E-state index in [1.54, 1.807) is 31.4 Å². The van der Waals surface area contributed by atoms with Gasteiger partial charge in [0.15, 0.2) is 11.5 Å². The Morgan fingerprint density at radius 2 is 1.96 bits per heavy atom. The highest BCUT2D eigenvalue weighted by atomic mass is 35.5. The number of hydrogen-bond donors (Lipinski definition) is 0. The fourth-order valence-corrected chi connectivity index (χ4v) is 3.72. The van der Waals surface area contributed by atoms with E-state index in [4.69, 9.17) is 21.1 Å². The van der Waals surface area contributed by atoms with Crippen LogP contribution < -0.4 is 9.47 Å².